The van der Waals surface area contributed by atoms with Crippen LogP contribution in [0.15, 0.2) is 119 Å². The second kappa shape index (κ2) is 10.4. The van der Waals surface area contributed by atoms with Crippen molar-refractivity contribution >= 4 is 96.8 Å². The van der Waals surface area contributed by atoms with Crippen molar-refractivity contribution < 1.29 is 17.4 Å². The van der Waals surface area contributed by atoms with Gasteiger partial charge in [0.25, 0.3) is 10.1 Å². The van der Waals surface area contributed by atoms with Crippen molar-refractivity contribution in [3.8, 4) is 11.1 Å². The van der Waals surface area contributed by atoms with Crippen LogP contribution < -0.4 is 10.6 Å². The molecule has 3 N–H and O–H groups in total. The minimum Gasteiger partial charge on any atom is -0.331 e. The summed E-state index contributed by atoms with van der Waals surface area (Å²) in [4.78, 5) is 9.18. The summed E-state index contributed by atoms with van der Waals surface area (Å²) in [5.74, 6) is 0. The summed E-state index contributed by atoms with van der Waals surface area (Å²) >= 11 is 3.10. The largest absolute Gasteiger partial charge is 0.363 e. The minimum atomic E-state index is -4.51. The number of nitrogens with zero attached hydrogens (tertiary/aromatic N) is 2. The summed E-state index contributed by atoms with van der Waals surface area (Å²) in [6, 6.07) is 33.6. The highest BCUT2D eigenvalue weighted by Crippen LogP contribution is 2.41. The first-order valence-electron chi connectivity index (χ1n) is 13.5. The first kappa shape index (κ1) is 26.7. The lowest BCUT2D eigenvalue weighted by molar-refractivity contribution is 0.483. The highest BCUT2D eigenvalue weighted by molar-refractivity contribution is 7.86. The molecule has 0 aliphatic carbocycles. The zero-order valence-corrected chi connectivity index (χ0v) is 25.1. The van der Waals surface area contributed by atoms with Gasteiger partial charge in [-0.15, -0.1) is 0 Å². The Balaban J connectivity index is 1.29. The number of aromatic nitrogens is 2. The third kappa shape index (κ3) is 4.81. The molecule has 0 unspecified atom stereocenters. The van der Waals surface area contributed by atoms with Crippen LogP contribution in [0.25, 0.3) is 53.5 Å². The van der Waals surface area contributed by atoms with Gasteiger partial charge >= 0.3 is 11.2 Å². The molecule has 214 valence electrons. The van der Waals surface area contributed by atoms with Crippen LogP contribution in [0.5, 0.6) is 0 Å². The Morgan fingerprint density at radius 2 is 1.14 bits per heavy atom. The van der Waals surface area contributed by atoms with Gasteiger partial charge in [0.1, 0.15) is 4.90 Å². The maximum Gasteiger partial charge on any atom is 0.363 e. The van der Waals surface area contributed by atoms with E-state index in [0.29, 0.717) is 33.1 Å². The van der Waals surface area contributed by atoms with Crippen LogP contribution in [0.4, 0.5) is 21.6 Å². The molecule has 5 aromatic carbocycles. The number of hydrogen-bond acceptors (Lipinski definition) is 8. The summed E-state index contributed by atoms with van der Waals surface area (Å²) < 4.78 is 43.7. The number of rotatable bonds is 6. The van der Waals surface area contributed by atoms with Crippen LogP contribution in [-0.4, -0.2) is 22.9 Å². The number of nitrogens with one attached hydrogen (secondary N) is 2. The molecule has 8 aromatic rings. The molecule has 0 saturated carbocycles. The second-order valence-corrected chi connectivity index (χ2v) is 13.5. The van der Waals surface area contributed by atoms with Crippen LogP contribution in [0.3, 0.4) is 0 Å². The fourth-order valence-corrected chi connectivity index (χ4v) is 7.80. The van der Waals surface area contributed by atoms with E-state index in [1.807, 2.05) is 84.9 Å². The molecule has 0 amide bonds. The number of fused-ring (bicyclic) bond motifs is 4. The predicted molar refractivity (Wildman–Crippen MR) is 179 cm³/mol. The number of benzene rings is 5. The van der Waals surface area contributed by atoms with E-state index >= 15 is 0 Å². The van der Waals surface area contributed by atoms with E-state index in [9.17, 15) is 13.0 Å². The molecule has 0 bridgehead atoms. The summed E-state index contributed by atoms with van der Waals surface area (Å²) in [5, 5.41) is 9.62. The maximum atomic E-state index is 12.5. The molecule has 8 nitrogen and oxygen atoms in total. The van der Waals surface area contributed by atoms with Crippen molar-refractivity contribution in [2.24, 2.45) is 0 Å². The average molecular weight is 634 g/mol. The molecule has 44 heavy (non-hydrogen) atoms. The van der Waals surface area contributed by atoms with Crippen LogP contribution >= 0.6 is 22.7 Å². The standard InChI is InChI=1S/C33H20N4O4S3/c38-44(39,40)30-12-6-1-7-23(30)31-21-15-13-19(34-32-36-24-8-2-4-10-28(24)42-32)17-26(21)41-27-18-20(14-16-22(27)31)35-33-37-25-9-3-5-11-29(25)43-33/h1-18H,(H2-,34,35,36,37,38,39,40)/p+1. The van der Waals surface area contributed by atoms with Gasteiger partial charge in [-0.05, 0) is 54.6 Å². The lowest BCUT2D eigenvalue weighted by atomic mass is 9.96. The van der Waals surface area contributed by atoms with Crippen molar-refractivity contribution in [3.63, 3.8) is 0 Å². The van der Waals surface area contributed by atoms with Gasteiger partial charge in [0.2, 0.25) is 0 Å². The first-order valence-corrected chi connectivity index (χ1v) is 16.6. The van der Waals surface area contributed by atoms with Crippen LogP contribution in [0.2, 0.25) is 0 Å². The number of anilines is 4. The van der Waals surface area contributed by atoms with E-state index in [4.69, 9.17) is 4.42 Å². The van der Waals surface area contributed by atoms with Gasteiger partial charge in [-0.25, -0.2) is 14.4 Å². The molecule has 0 atom stereocenters. The van der Waals surface area contributed by atoms with Crippen molar-refractivity contribution in [2.75, 3.05) is 10.6 Å². The van der Waals surface area contributed by atoms with Crippen LogP contribution in [-0.2, 0) is 10.1 Å². The highest BCUT2D eigenvalue weighted by atomic mass is 32.2. The summed E-state index contributed by atoms with van der Waals surface area (Å²) in [5.41, 5.74) is 5.41. The summed E-state index contributed by atoms with van der Waals surface area (Å²) in [6.45, 7) is 0. The SMILES string of the molecule is O=S(=O)(O)c1ccccc1-c1c2ccc(Nc3nc4ccccc4s3)cc2[o+]c2cc(Nc3nc4ccccc4s3)ccc12. The monoisotopic (exact) mass is 633 g/mol. The topological polar surface area (TPSA) is 116 Å². The Bertz CT molecular complexity index is 2310. The van der Waals surface area contributed by atoms with Crippen molar-refractivity contribution in [1.82, 2.24) is 9.97 Å². The molecule has 3 aromatic heterocycles. The molecule has 0 radical (unpaired) electrons. The van der Waals surface area contributed by atoms with Gasteiger partial charge in [0.15, 0.2) is 10.3 Å². The smallest absolute Gasteiger partial charge is 0.331 e. The maximum absolute atomic E-state index is 12.5. The van der Waals surface area contributed by atoms with Crippen molar-refractivity contribution in [1.29, 1.82) is 0 Å². The van der Waals surface area contributed by atoms with Gasteiger partial charge in [0, 0.05) is 22.5 Å². The van der Waals surface area contributed by atoms with Crippen LogP contribution in [0.1, 0.15) is 0 Å². The molecule has 8 rings (SSSR count). The van der Waals surface area contributed by atoms with Gasteiger partial charge in [-0.2, -0.15) is 8.42 Å². The Morgan fingerprint density at radius 3 is 1.66 bits per heavy atom. The summed E-state index contributed by atoms with van der Waals surface area (Å²) in [7, 11) is -4.51. The zero-order chi connectivity index (χ0) is 29.8. The third-order valence-electron chi connectivity index (χ3n) is 7.25. The van der Waals surface area contributed by atoms with Gasteiger partial charge in [-0.3, -0.25) is 4.55 Å². The molecular formula is C33H21N4O4S3+. The molecule has 0 fully saturated rings. The fraction of sp³-hybridized carbons (Fsp3) is 0. The fourth-order valence-electron chi connectivity index (χ4n) is 5.33. The number of hydrogen-bond donors (Lipinski definition) is 3. The number of para-hydroxylation sites is 2. The Morgan fingerprint density at radius 1 is 0.636 bits per heavy atom. The van der Waals surface area contributed by atoms with E-state index in [1.165, 1.54) is 6.07 Å². The number of thiazole rings is 2. The normalized spacial score (nSPS) is 11.9. The average Bonchev–Trinajstić information content (AvgIpc) is 3.62. The highest BCUT2D eigenvalue weighted by Gasteiger charge is 2.26. The van der Waals surface area contributed by atoms with Crippen LogP contribution in [0, 0.1) is 0 Å². The quantitative estimate of drug-likeness (QED) is 0.0942. The van der Waals surface area contributed by atoms with E-state index in [0.717, 1.165) is 42.1 Å². The molecule has 0 aliphatic heterocycles. The lowest BCUT2D eigenvalue weighted by Crippen LogP contribution is -2.01. The Kier molecular flexibility index (Phi) is 6.27. The molecule has 3 heterocycles. The van der Waals surface area contributed by atoms with Gasteiger partial charge < -0.3 is 10.6 Å². The van der Waals surface area contributed by atoms with E-state index < -0.39 is 10.1 Å². The Hall–Kier alpha value is -4.94. The molecule has 0 aliphatic rings. The molecular weight excluding hydrogens is 613 g/mol. The summed E-state index contributed by atoms with van der Waals surface area (Å²) in [6.07, 6.45) is 0. The first-order chi connectivity index (χ1) is 21.4. The Labute approximate surface area is 259 Å². The predicted octanol–water partition coefficient (Wildman–Crippen LogP) is 9.49. The molecule has 11 heteroatoms. The molecule has 0 spiro atoms. The van der Waals surface area contributed by atoms with E-state index in [-0.39, 0.29) is 4.90 Å². The second-order valence-electron chi connectivity index (χ2n) is 10.1. The zero-order valence-electron chi connectivity index (χ0n) is 22.7. The minimum absolute atomic E-state index is 0.179. The van der Waals surface area contributed by atoms with Gasteiger partial charge in [-0.1, -0.05) is 65.1 Å². The molecule has 0 saturated heterocycles. The van der Waals surface area contributed by atoms with Crippen molar-refractivity contribution in [3.05, 3.63) is 109 Å². The van der Waals surface area contributed by atoms with Gasteiger partial charge in [0.05, 0.1) is 43.3 Å². The van der Waals surface area contributed by atoms with E-state index in [2.05, 4.69) is 20.6 Å². The van der Waals surface area contributed by atoms with E-state index in [1.54, 1.807) is 40.9 Å². The lowest BCUT2D eigenvalue weighted by Gasteiger charge is -2.11. The van der Waals surface area contributed by atoms with Crippen molar-refractivity contribution in [2.45, 2.75) is 4.90 Å². The third-order valence-corrected chi connectivity index (χ3v) is 10.1.